The third kappa shape index (κ3) is 2.39. The highest BCUT2D eigenvalue weighted by molar-refractivity contribution is 7.82. The predicted molar refractivity (Wildman–Crippen MR) is 45.4 cm³/mol. The van der Waals surface area contributed by atoms with Crippen LogP contribution in [0.5, 0.6) is 5.75 Å². The Morgan fingerprint density at radius 1 is 1.33 bits per heavy atom. The Morgan fingerprint density at radius 3 is 2.50 bits per heavy atom. The number of ether oxygens (including phenoxy) is 1. The molecule has 0 atom stereocenters. The first-order chi connectivity index (χ1) is 5.59. The van der Waals surface area contributed by atoms with Gasteiger partial charge >= 0.3 is 0 Å². The van der Waals surface area contributed by atoms with Gasteiger partial charge in [0.15, 0.2) is 11.6 Å². The van der Waals surface area contributed by atoms with Crippen molar-refractivity contribution in [1.82, 2.24) is 0 Å². The maximum atomic E-state index is 12.5. The van der Waals surface area contributed by atoms with Crippen LogP contribution < -0.4 is 4.74 Å². The second kappa shape index (κ2) is 3.78. The molecule has 0 unspecified atom stereocenters. The van der Waals surface area contributed by atoms with Crippen LogP contribution in [0.3, 0.4) is 0 Å². The SMILES string of the molecule is Fc1ccc(OC(=S)Cl)cc1F. The van der Waals surface area contributed by atoms with Gasteiger partial charge < -0.3 is 4.74 Å². The minimum Gasteiger partial charge on any atom is -0.436 e. The molecule has 0 aliphatic carbocycles. The van der Waals surface area contributed by atoms with E-state index in [4.69, 9.17) is 11.6 Å². The predicted octanol–water partition coefficient (Wildman–Crippen LogP) is 2.87. The number of benzene rings is 1. The number of hydrogen-bond donors (Lipinski definition) is 0. The molecule has 5 heteroatoms. The molecular weight excluding hydrogens is 206 g/mol. The number of thiocarbonyl (C=S) groups is 1. The van der Waals surface area contributed by atoms with Crippen LogP contribution in [0.4, 0.5) is 8.78 Å². The summed E-state index contributed by atoms with van der Waals surface area (Å²) >= 11 is 9.58. The molecule has 0 amide bonds. The third-order valence-electron chi connectivity index (χ3n) is 1.09. The van der Waals surface area contributed by atoms with Crippen LogP contribution in [-0.2, 0) is 0 Å². The molecule has 64 valence electrons. The van der Waals surface area contributed by atoms with Crippen molar-refractivity contribution in [2.45, 2.75) is 0 Å². The Labute approximate surface area is 77.9 Å². The van der Waals surface area contributed by atoms with Crippen LogP contribution >= 0.6 is 23.8 Å². The lowest BCUT2D eigenvalue weighted by molar-refractivity contribution is 0.495. The molecule has 0 aliphatic heterocycles. The monoisotopic (exact) mass is 208 g/mol. The molecule has 0 saturated carbocycles. The first-order valence-electron chi connectivity index (χ1n) is 2.92. The fourth-order valence-electron chi connectivity index (χ4n) is 0.633. The highest BCUT2D eigenvalue weighted by Gasteiger charge is 2.03. The van der Waals surface area contributed by atoms with E-state index in [0.29, 0.717) is 0 Å². The van der Waals surface area contributed by atoms with Gasteiger partial charge in [0.05, 0.1) is 0 Å². The largest absolute Gasteiger partial charge is 0.436 e. The summed E-state index contributed by atoms with van der Waals surface area (Å²) in [6.45, 7) is 0. The maximum Gasteiger partial charge on any atom is 0.260 e. The lowest BCUT2D eigenvalue weighted by Gasteiger charge is -2.00. The summed E-state index contributed by atoms with van der Waals surface area (Å²) in [6.07, 6.45) is 0. The van der Waals surface area contributed by atoms with Crippen molar-refractivity contribution in [3.05, 3.63) is 29.8 Å². The minimum absolute atomic E-state index is 0.0777. The lowest BCUT2D eigenvalue weighted by atomic mass is 10.3. The normalized spacial score (nSPS) is 9.58. The second-order valence-corrected chi connectivity index (χ2v) is 2.85. The lowest BCUT2D eigenvalue weighted by Crippen LogP contribution is -1.96. The molecule has 0 spiro atoms. The summed E-state index contributed by atoms with van der Waals surface area (Å²) in [5.41, 5.74) is 0. The first-order valence-corrected chi connectivity index (χ1v) is 3.70. The second-order valence-electron chi connectivity index (χ2n) is 1.92. The highest BCUT2D eigenvalue weighted by Crippen LogP contribution is 2.16. The van der Waals surface area contributed by atoms with Crippen molar-refractivity contribution < 1.29 is 13.5 Å². The Bertz CT molecular complexity index is 316. The summed E-state index contributed by atoms with van der Waals surface area (Å²) in [5.74, 6) is -1.86. The molecule has 0 bridgehead atoms. The minimum atomic E-state index is -1.000. The molecule has 0 aliphatic rings. The molecule has 0 aromatic heterocycles. The zero-order chi connectivity index (χ0) is 9.14. The highest BCUT2D eigenvalue weighted by atomic mass is 35.5. The summed E-state index contributed by atoms with van der Waals surface area (Å²) in [7, 11) is 0. The van der Waals surface area contributed by atoms with Gasteiger partial charge in [-0.05, 0) is 36.0 Å². The van der Waals surface area contributed by atoms with Gasteiger partial charge in [-0.2, -0.15) is 0 Å². The van der Waals surface area contributed by atoms with Gasteiger partial charge in [-0.25, -0.2) is 8.78 Å². The van der Waals surface area contributed by atoms with E-state index >= 15 is 0 Å². The van der Waals surface area contributed by atoms with Crippen LogP contribution in [0, 0.1) is 11.6 Å². The molecule has 1 rings (SSSR count). The Morgan fingerprint density at radius 2 is 2.00 bits per heavy atom. The summed E-state index contributed by atoms with van der Waals surface area (Å²) in [5, 5.41) is 0. The number of hydrogen-bond acceptors (Lipinski definition) is 2. The van der Waals surface area contributed by atoms with Crippen LogP contribution in [-0.4, -0.2) is 4.51 Å². The average molecular weight is 209 g/mol. The molecule has 1 aromatic rings. The van der Waals surface area contributed by atoms with Gasteiger partial charge in [-0.15, -0.1) is 0 Å². The van der Waals surface area contributed by atoms with E-state index in [0.717, 1.165) is 12.1 Å². The molecule has 1 nitrogen and oxygen atoms in total. The summed E-state index contributed by atoms with van der Waals surface area (Å²) in [6, 6.07) is 3.02. The van der Waals surface area contributed by atoms with Gasteiger partial charge in [0.25, 0.3) is 4.51 Å². The molecule has 0 N–H and O–H groups in total. The Kier molecular flexibility index (Phi) is 2.94. The van der Waals surface area contributed by atoms with Crippen LogP contribution in [0.15, 0.2) is 18.2 Å². The topological polar surface area (TPSA) is 9.23 Å². The van der Waals surface area contributed by atoms with Gasteiger partial charge in [0, 0.05) is 6.07 Å². The van der Waals surface area contributed by atoms with E-state index in [9.17, 15) is 8.78 Å². The zero-order valence-electron chi connectivity index (χ0n) is 5.68. The van der Waals surface area contributed by atoms with Crippen molar-refractivity contribution in [3.8, 4) is 5.75 Å². The van der Waals surface area contributed by atoms with Gasteiger partial charge in [-0.1, -0.05) is 0 Å². The van der Waals surface area contributed by atoms with Crippen LogP contribution in [0.1, 0.15) is 0 Å². The van der Waals surface area contributed by atoms with Gasteiger partial charge in [0.2, 0.25) is 0 Å². The third-order valence-corrected chi connectivity index (χ3v) is 1.25. The molecule has 0 heterocycles. The summed E-state index contributed by atoms with van der Waals surface area (Å²) < 4.78 is 29.2. The Hall–Kier alpha value is -0.740. The fourth-order valence-corrected chi connectivity index (χ4v) is 0.818. The van der Waals surface area contributed by atoms with Crippen molar-refractivity contribution >= 4 is 28.3 Å². The average Bonchev–Trinajstić information content (AvgIpc) is 1.96. The maximum absolute atomic E-state index is 12.5. The first kappa shape index (κ1) is 9.35. The van der Waals surface area contributed by atoms with E-state index in [1.165, 1.54) is 6.07 Å². The van der Waals surface area contributed by atoms with Gasteiger partial charge in [-0.3, -0.25) is 0 Å². The van der Waals surface area contributed by atoms with Crippen molar-refractivity contribution in [1.29, 1.82) is 0 Å². The van der Waals surface area contributed by atoms with Crippen LogP contribution in [0.25, 0.3) is 0 Å². The standard InChI is InChI=1S/C7H3ClF2OS/c8-7(12)11-4-1-2-5(9)6(10)3-4/h1-3H. The molecule has 0 saturated heterocycles. The molecular formula is C7H3ClF2OS. The fraction of sp³-hybridized carbons (Fsp3) is 0. The number of halogens is 3. The zero-order valence-corrected chi connectivity index (χ0v) is 7.25. The van der Waals surface area contributed by atoms with Gasteiger partial charge in [0.1, 0.15) is 5.75 Å². The van der Waals surface area contributed by atoms with Crippen molar-refractivity contribution in [2.24, 2.45) is 0 Å². The van der Waals surface area contributed by atoms with E-state index in [-0.39, 0.29) is 10.3 Å². The van der Waals surface area contributed by atoms with Crippen molar-refractivity contribution in [3.63, 3.8) is 0 Å². The molecule has 0 fully saturated rings. The van der Waals surface area contributed by atoms with E-state index in [1.807, 2.05) is 0 Å². The van der Waals surface area contributed by atoms with E-state index in [2.05, 4.69) is 17.0 Å². The van der Waals surface area contributed by atoms with E-state index in [1.54, 1.807) is 0 Å². The molecule has 0 radical (unpaired) electrons. The quantitative estimate of drug-likeness (QED) is 0.519. The van der Waals surface area contributed by atoms with Crippen molar-refractivity contribution in [2.75, 3.05) is 0 Å². The molecule has 12 heavy (non-hydrogen) atoms. The summed E-state index contributed by atoms with van der Waals surface area (Å²) in [4.78, 5) is 0. The molecule has 1 aromatic carbocycles. The van der Waals surface area contributed by atoms with Crippen LogP contribution in [0.2, 0.25) is 0 Å². The smallest absolute Gasteiger partial charge is 0.260 e. The number of rotatable bonds is 1. The van der Waals surface area contributed by atoms with E-state index < -0.39 is 11.6 Å². The Balaban J connectivity index is 2.89.